The lowest BCUT2D eigenvalue weighted by Gasteiger charge is -2.33. The van der Waals surface area contributed by atoms with Crippen molar-refractivity contribution in [2.45, 2.75) is 39.3 Å². The predicted molar refractivity (Wildman–Crippen MR) is 89.1 cm³/mol. The van der Waals surface area contributed by atoms with Crippen LogP contribution in [0, 0.1) is 6.92 Å². The van der Waals surface area contributed by atoms with Gasteiger partial charge in [-0.2, -0.15) is 0 Å². The Morgan fingerprint density at radius 3 is 2.48 bits per heavy atom. The van der Waals surface area contributed by atoms with Gasteiger partial charge in [-0.05, 0) is 38.8 Å². The van der Waals surface area contributed by atoms with Crippen LogP contribution in [-0.4, -0.2) is 46.1 Å². The van der Waals surface area contributed by atoms with Gasteiger partial charge in [0.05, 0.1) is 13.2 Å². The van der Waals surface area contributed by atoms with E-state index in [1.54, 1.807) is 14.2 Å². The van der Waals surface area contributed by atoms with Crippen molar-refractivity contribution in [3.8, 4) is 0 Å². The molecule has 0 saturated heterocycles. The molecule has 0 amide bonds. The van der Waals surface area contributed by atoms with Crippen LogP contribution in [0.1, 0.15) is 25.0 Å². The molecule has 0 fully saturated rings. The number of aryl methyl sites for hydroxylation is 1. The van der Waals surface area contributed by atoms with E-state index >= 15 is 0 Å². The van der Waals surface area contributed by atoms with Crippen LogP contribution in [0.4, 0.5) is 5.69 Å². The molecule has 0 aliphatic heterocycles. The van der Waals surface area contributed by atoms with Crippen LogP contribution in [-0.2, 0) is 15.9 Å². The zero-order chi connectivity index (χ0) is 15.8. The Balaban J connectivity index is 3.09. The molecule has 21 heavy (non-hydrogen) atoms. The average Bonchev–Trinajstić information content (AvgIpc) is 2.40. The SMILES string of the molecule is COCCN(c1ccc(C)cc1CC(C)N)C(C)COC. The summed E-state index contributed by atoms with van der Waals surface area (Å²) in [5.41, 5.74) is 9.81. The number of benzene rings is 1. The third-order valence-corrected chi connectivity index (χ3v) is 3.56. The standard InChI is InChI=1S/C17H30N2O2/c1-13-6-7-17(16(10-13)11-14(2)18)19(8-9-20-4)15(3)12-21-5/h6-7,10,14-15H,8-9,11-12,18H2,1-5H3. The van der Waals surface area contributed by atoms with Gasteiger partial charge in [0.1, 0.15) is 0 Å². The van der Waals surface area contributed by atoms with Crippen LogP contribution in [0.15, 0.2) is 18.2 Å². The molecule has 1 aromatic carbocycles. The lowest BCUT2D eigenvalue weighted by molar-refractivity contribution is 0.171. The quantitative estimate of drug-likeness (QED) is 0.759. The Morgan fingerprint density at radius 2 is 1.90 bits per heavy atom. The summed E-state index contributed by atoms with van der Waals surface area (Å²) in [6.45, 7) is 8.57. The van der Waals surface area contributed by atoms with Crippen LogP contribution in [0.3, 0.4) is 0 Å². The number of rotatable bonds is 9. The maximum Gasteiger partial charge on any atom is 0.0663 e. The Morgan fingerprint density at radius 1 is 1.19 bits per heavy atom. The molecule has 2 unspecified atom stereocenters. The molecular formula is C17H30N2O2. The number of nitrogens with zero attached hydrogens (tertiary/aromatic N) is 1. The number of nitrogens with two attached hydrogens (primary N) is 1. The molecule has 0 saturated carbocycles. The number of hydrogen-bond donors (Lipinski definition) is 1. The first-order valence-corrected chi connectivity index (χ1v) is 7.59. The highest BCUT2D eigenvalue weighted by Gasteiger charge is 2.18. The van der Waals surface area contributed by atoms with Gasteiger partial charge in [-0.25, -0.2) is 0 Å². The summed E-state index contributed by atoms with van der Waals surface area (Å²) < 4.78 is 10.6. The fourth-order valence-corrected chi connectivity index (χ4v) is 2.60. The van der Waals surface area contributed by atoms with Crippen LogP contribution in [0.25, 0.3) is 0 Å². The third-order valence-electron chi connectivity index (χ3n) is 3.56. The number of anilines is 1. The Bertz CT molecular complexity index is 421. The third kappa shape index (κ3) is 5.65. The largest absolute Gasteiger partial charge is 0.383 e. The van der Waals surface area contributed by atoms with Gasteiger partial charge in [-0.15, -0.1) is 0 Å². The maximum atomic E-state index is 6.01. The highest BCUT2D eigenvalue weighted by molar-refractivity contribution is 5.56. The molecule has 0 heterocycles. The molecule has 1 aromatic rings. The number of methoxy groups -OCH3 is 2. The van der Waals surface area contributed by atoms with Crippen molar-refractivity contribution in [2.24, 2.45) is 5.73 Å². The second-order valence-corrected chi connectivity index (χ2v) is 5.80. The topological polar surface area (TPSA) is 47.7 Å². The summed E-state index contributed by atoms with van der Waals surface area (Å²) >= 11 is 0. The minimum Gasteiger partial charge on any atom is -0.383 e. The van der Waals surface area contributed by atoms with E-state index in [4.69, 9.17) is 15.2 Å². The summed E-state index contributed by atoms with van der Waals surface area (Å²) in [6, 6.07) is 7.01. The van der Waals surface area contributed by atoms with E-state index in [1.165, 1.54) is 16.8 Å². The monoisotopic (exact) mass is 294 g/mol. The van der Waals surface area contributed by atoms with Crippen molar-refractivity contribution in [1.82, 2.24) is 0 Å². The van der Waals surface area contributed by atoms with Crippen LogP contribution in [0.2, 0.25) is 0 Å². The average molecular weight is 294 g/mol. The maximum absolute atomic E-state index is 6.01. The number of hydrogen-bond acceptors (Lipinski definition) is 4. The van der Waals surface area contributed by atoms with Crippen molar-refractivity contribution in [3.63, 3.8) is 0 Å². The second-order valence-electron chi connectivity index (χ2n) is 5.80. The molecule has 2 atom stereocenters. The molecular weight excluding hydrogens is 264 g/mol. The van der Waals surface area contributed by atoms with Gasteiger partial charge in [0.15, 0.2) is 0 Å². The molecule has 4 nitrogen and oxygen atoms in total. The van der Waals surface area contributed by atoms with Gasteiger partial charge >= 0.3 is 0 Å². The van der Waals surface area contributed by atoms with Gasteiger partial charge < -0.3 is 20.1 Å². The van der Waals surface area contributed by atoms with Crippen LogP contribution >= 0.6 is 0 Å². The fraction of sp³-hybridized carbons (Fsp3) is 0.647. The first-order chi connectivity index (χ1) is 9.99. The molecule has 0 aromatic heterocycles. The summed E-state index contributed by atoms with van der Waals surface area (Å²) in [5.74, 6) is 0. The summed E-state index contributed by atoms with van der Waals surface area (Å²) in [7, 11) is 3.47. The Kier molecular flexibility index (Phi) is 7.72. The van der Waals surface area contributed by atoms with E-state index in [0.717, 1.165) is 13.0 Å². The van der Waals surface area contributed by atoms with Crippen molar-refractivity contribution in [1.29, 1.82) is 0 Å². The van der Waals surface area contributed by atoms with Crippen molar-refractivity contribution in [2.75, 3.05) is 38.9 Å². The minimum atomic E-state index is 0.146. The van der Waals surface area contributed by atoms with E-state index < -0.39 is 0 Å². The van der Waals surface area contributed by atoms with Gasteiger partial charge in [0, 0.05) is 38.5 Å². The lowest BCUT2D eigenvalue weighted by Crippen LogP contribution is -2.39. The molecule has 4 heteroatoms. The Labute approximate surface area is 129 Å². The molecule has 0 spiro atoms. The van der Waals surface area contributed by atoms with E-state index in [-0.39, 0.29) is 6.04 Å². The fourth-order valence-electron chi connectivity index (χ4n) is 2.60. The molecule has 120 valence electrons. The minimum absolute atomic E-state index is 0.146. The van der Waals surface area contributed by atoms with Gasteiger partial charge in [-0.3, -0.25) is 0 Å². The zero-order valence-electron chi connectivity index (χ0n) is 14.1. The first kappa shape index (κ1) is 18.0. The molecule has 0 aliphatic carbocycles. The molecule has 2 N–H and O–H groups in total. The second kappa shape index (κ2) is 9.03. The summed E-state index contributed by atoms with van der Waals surface area (Å²) in [5, 5.41) is 0. The molecule has 0 aliphatic rings. The van der Waals surface area contributed by atoms with E-state index in [0.29, 0.717) is 19.3 Å². The van der Waals surface area contributed by atoms with Crippen molar-refractivity contribution < 1.29 is 9.47 Å². The first-order valence-electron chi connectivity index (χ1n) is 7.59. The van der Waals surface area contributed by atoms with Crippen molar-refractivity contribution >= 4 is 5.69 Å². The van der Waals surface area contributed by atoms with E-state index in [9.17, 15) is 0 Å². The van der Waals surface area contributed by atoms with E-state index in [1.807, 2.05) is 6.92 Å². The van der Waals surface area contributed by atoms with Crippen LogP contribution in [0.5, 0.6) is 0 Å². The van der Waals surface area contributed by atoms with Gasteiger partial charge in [0.2, 0.25) is 0 Å². The van der Waals surface area contributed by atoms with Gasteiger partial charge in [-0.1, -0.05) is 17.7 Å². The molecule has 0 bridgehead atoms. The van der Waals surface area contributed by atoms with Crippen molar-refractivity contribution in [3.05, 3.63) is 29.3 Å². The zero-order valence-corrected chi connectivity index (χ0v) is 14.1. The normalized spacial score (nSPS) is 14.0. The number of ether oxygens (including phenoxy) is 2. The Hall–Kier alpha value is -1.10. The van der Waals surface area contributed by atoms with Crippen LogP contribution < -0.4 is 10.6 Å². The molecule has 0 radical (unpaired) electrons. The highest BCUT2D eigenvalue weighted by Crippen LogP contribution is 2.25. The summed E-state index contributed by atoms with van der Waals surface area (Å²) in [6.07, 6.45) is 0.875. The predicted octanol–water partition coefficient (Wildman–Crippen LogP) is 2.37. The van der Waals surface area contributed by atoms with Gasteiger partial charge in [0.25, 0.3) is 0 Å². The van der Waals surface area contributed by atoms with E-state index in [2.05, 4.69) is 36.9 Å². The highest BCUT2D eigenvalue weighted by atomic mass is 16.5. The lowest BCUT2D eigenvalue weighted by atomic mass is 10.0. The smallest absolute Gasteiger partial charge is 0.0663 e. The molecule has 1 rings (SSSR count). The summed E-state index contributed by atoms with van der Waals surface area (Å²) in [4.78, 5) is 2.35.